The quantitative estimate of drug-likeness (QED) is 0.797. The van der Waals surface area contributed by atoms with Crippen molar-refractivity contribution in [2.75, 3.05) is 7.11 Å². The molecule has 0 aliphatic rings. The van der Waals surface area contributed by atoms with Gasteiger partial charge in [0, 0.05) is 0 Å². The second-order valence-corrected chi connectivity index (χ2v) is 3.22. The molecule has 9 heteroatoms. The van der Waals surface area contributed by atoms with Gasteiger partial charge in [-0.2, -0.15) is 5.26 Å². The number of alkyl halides is 5. The first kappa shape index (κ1) is 14.9. The lowest BCUT2D eigenvalue weighted by atomic mass is 10.2. The van der Waals surface area contributed by atoms with Gasteiger partial charge < -0.3 is 9.47 Å². The van der Waals surface area contributed by atoms with E-state index in [1.807, 2.05) is 0 Å². The Morgan fingerprint density at radius 3 is 2.47 bits per heavy atom. The van der Waals surface area contributed by atoms with Crippen molar-refractivity contribution in [3.8, 4) is 17.7 Å². The largest absolute Gasteiger partial charge is 0.574 e. The van der Waals surface area contributed by atoms with Gasteiger partial charge in [-0.25, -0.2) is 13.8 Å². The molecule has 0 amide bonds. The van der Waals surface area contributed by atoms with Gasteiger partial charge in [0.15, 0.2) is 5.75 Å². The van der Waals surface area contributed by atoms with Gasteiger partial charge in [0.05, 0.1) is 30.9 Å². The van der Waals surface area contributed by atoms with Gasteiger partial charge >= 0.3 is 6.36 Å². The molecule has 0 atom stereocenters. The third-order valence-electron chi connectivity index (χ3n) is 1.94. The van der Waals surface area contributed by atoms with Crippen LogP contribution in [0, 0.1) is 11.3 Å². The molecule has 0 radical (unpaired) electrons. The first-order valence-electron chi connectivity index (χ1n) is 4.77. The second kappa shape index (κ2) is 5.69. The van der Waals surface area contributed by atoms with E-state index >= 15 is 0 Å². The lowest BCUT2D eigenvalue weighted by Gasteiger charge is -2.15. The minimum absolute atomic E-state index is 0.266. The van der Waals surface area contributed by atoms with Gasteiger partial charge in [0.1, 0.15) is 0 Å². The van der Waals surface area contributed by atoms with Crippen LogP contribution in [-0.4, -0.2) is 18.5 Å². The molecule has 0 aromatic carbocycles. The van der Waals surface area contributed by atoms with E-state index in [0.717, 1.165) is 13.2 Å². The molecule has 4 nitrogen and oxygen atoms in total. The summed E-state index contributed by atoms with van der Waals surface area (Å²) in [5.41, 5.74) is -1.08. The maximum Gasteiger partial charge on any atom is 0.574 e. The number of pyridine rings is 1. The highest BCUT2D eigenvalue weighted by Crippen LogP contribution is 2.38. The summed E-state index contributed by atoms with van der Waals surface area (Å²) in [6, 6.07) is 2.39. The molecule has 0 unspecified atom stereocenters. The van der Waals surface area contributed by atoms with E-state index in [0.29, 0.717) is 0 Å². The summed E-state index contributed by atoms with van der Waals surface area (Å²) in [6.45, 7) is 0. The number of nitriles is 1. The number of aromatic nitrogens is 1. The van der Waals surface area contributed by atoms with E-state index < -0.39 is 36.4 Å². The Morgan fingerprint density at radius 1 is 1.42 bits per heavy atom. The average Bonchev–Trinajstić information content (AvgIpc) is 2.26. The zero-order chi connectivity index (χ0) is 14.6. The first-order valence-corrected chi connectivity index (χ1v) is 4.77. The van der Waals surface area contributed by atoms with E-state index in [1.165, 1.54) is 0 Å². The van der Waals surface area contributed by atoms with E-state index in [2.05, 4.69) is 14.5 Å². The van der Waals surface area contributed by atoms with Crippen LogP contribution in [0.3, 0.4) is 0 Å². The van der Waals surface area contributed by atoms with Crippen LogP contribution in [0.15, 0.2) is 6.07 Å². The highest BCUT2D eigenvalue weighted by Gasteiger charge is 2.35. The maximum absolute atomic E-state index is 12.7. The van der Waals surface area contributed by atoms with Crippen molar-refractivity contribution in [2.24, 2.45) is 0 Å². The van der Waals surface area contributed by atoms with Crippen LogP contribution in [0.25, 0.3) is 0 Å². The Bertz CT molecular complexity index is 496. The van der Waals surface area contributed by atoms with Crippen LogP contribution >= 0.6 is 0 Å². The third kappa shape index (κ3) is 3.94. The summed E-state index contributed by atoms with van der Waals surface area (Å²) < 4.78 is 69.8. The number of methoxy groups -OCH3 is 1. The molecule has 1 aromatic heterocycles. The summed E-state index contributed by atoms with van der Waals surface area (Å²) in [4.78, 5) is 3.34. The average molecular weight is 282 g/mol. The molecular weight excluding hydrogens is 275 g/mol. The molecule has 19 heavy (non-hydrogen) atoms. The summed E-state index contributed by atoms with van der Waals surface area (Å²) in [5.74, 6) is -1.95. The van der Waals surface area contributed by atoms with Crippen molar-refractivity contribution >= 4 is 0 Å². The van der Waals surface area contributed by atoms with E-state index in [-0.39, 0.29) is 5.69 Å². The second-order valence-electron chi connectivity index (χ2n) is 3.22. The summed E-state index contributed by atoms with van der Waals surface area (Å²) in [5, 5.41) is 8.43. The van der Waals surface area contributed by atoms with E-state index in [9.17, 15) is 22.0 Å². The molecular formula is C10H7F5N2O2. The van der Waals surface area contributed by atoms with Crippen LogP contribution < -0.4 is 9.47 Å². The fraction of sp³-hybridized carbons (Fsp3) is 0.400. The van der Waals surface area contributed by atoms with Gasteiger partial charge in [-0.3, -0.25) is 0 Å². The Balaban J connectivity index is 3.36. The molecule has 1 heterocycles. The predicted octanol–water partition coefficient (Wildman–Crippen LogP) is 2.99. The summed E-state index contributed by atoms with van der Waals surface area (Å²) in [7, 11) is 0.913. The van der Waals surface area contributed by atoms with Crippen molar-refractivity contribution in [1.82, 2.24) is 4.98 Å². The SMILES string of the molecule is COc1c(C(F)F)cc(CC#N)nc1OC(F)(F)F. The van der Waals surface area contributed by atoms with Crippen molar-refractivity contribution in [1.29, 1.82) is 5.26 Å². The smallest absolute Gasteiger partial charge is 0.491 e. The Morgan fingerprint density at radius 2 is 2.05 bits per heavy atom. The number of hydrogen-bond donors (Lipinski definition) is 0. The topological polar surface area (TPSA) is 55.1 Å². The summed E-state index contributed by atoms with van der Waals surface area (Å²) in [6.07, 6.45) is -8.63. The highest BCUT2D eigenvalue weighted by atomic mass is 19.4. The van der Waals surface area contributed by atoms with Gasteiger partial charge in [-0.05, 0) is 6.07 Å². The third-order valence-corrected chi connectivity index (χ3v) is 1.94. The van der Waals surface area contributed by atoms with Crippen molar-refractivity contribution in [2.45, 2.75) is 19.2 Å². The number of rotatable bonds is 4. The molecule has 0 bridgehead atoms. The fourth-order valence-corrected chi connectivity index (χ4v) is 1.30. The van der Waals surface area contributed by atoms with Crippen molar-refractivity contribution in [3.05, 3.63) is 17.3 Å². The Kier molecular flexibility index (Phi) is 4.47. The number of ether oxygens (including phenoxy) is 2. The Hall–Kier alpha value is -2.11. The van der Waals surface area contributed by atoms with Gasteiger partial charge in [0.2, 0.25) is 0 Å². The number of halogens is 5. The molecule has 104 valence electrons. The lowest BCUT2D eigenvalue weighted by Crippen LogP contribution is -2.19. The van der Waals surface area contributed by atoms with E-state index in [4.69, 9.17) is 5.26 Å². The van der Waals surface area contributed by atoms with Crippen LogP contribution in [-0.2, 0) is 6.42 Å². The summed E-state index contributed by atoms with van der Waals surface area (Å²) >= 11 is 0. The number of nitrogens with zero attached hydrogens (tertiary/aromatic N) is 2. The highest BCUT2D eigenvalue weighted by molar-refractivity contribution is 5.44. The van der Waals surface area contributed by atoms with E-state index in [1.54, 1.807) is 6.07 Å². The minimum Gasteiger partial charge on any atom is -0.491 e. The Labute approximate surface area is 104 Å². The van der Waals surface area contributed by atoms with Crippen molar-refractivity contribution < 1.29 is 31.4 Å². The molecule has 1 rings (SSSR count). The number of hydrogen-bond acceptors (Lipinski definition) is 4. The maximum atomic E-state index is 12.7. The molecule has 1 aromatic rings. The fourth-order valence-electron chi connectivity index (χ4n) is 1.30. The lowest BCUT2D eigenvalue weighted by molar-refractivity contribution is -0.276. The van der Waals surface area contributed by atoms with Crippen LogP contribution in [0.1, 0.15) is 17.7 Å². The van der Waals surface area contributed by atoms with Crippen LogP contribution in [0.2, 0.25) is 0 Å². The van der Waals surface area contributed by atoms with Crippen molar-refractivity contribution in [3.63, 3.8) is 0 Å². The molecule has 0 aliphatic carbocycles. The van der Waals surface area contributed by atoms with Gasteiger partial charge in [-0.15, -0.1) is 13.2 Å². The zero-order valence-corrected chi connectivity index (χ0v) is 9.46. The molecule has 0 saturated carbocycles. The normalized spacial score (nSPS) is 11.3. The van der Waals surface area contributed by atoms with Gasteiger partial charge in [0.25, 0.3) is 12.3 Å². The zero-order valence-electron chi connectivity index (χ0n) is 9.46. The molecule has 0 aliphatic heterocycles. The first-order chi connectivity index (χ1) is 8.78. The van der Waals surface area contributed by atoms with Gasteiger partial charge in [-0.1, -0.05) is 0 Å². The monoisotopic (exact) mass is 282 g/mol. The molecule has 0 N–H and O–H groups in total. The predicted molar refractivity (Wildman–Crippen MR) is 51.7 cm³/mol. The standard InChI is InChI=1S/C10H7F5N2O2/c1-18-7-6(8(11)12)4-5(2-3-16)17-9(7)19-10(13,14)15/h4,8H,2H2,1H3. The minimum atomic E-state index is -5.11. The van der Waals surface area contributed by atoms with Crippen LogP contribution in [0.4, 0.5) is 22.0 Å². The molecule has 0 saturated heterocycles. The molecule has 0 spiro atoms. The molecule has 0 fully saturated rings. The van der Waals surface area contributed by atoms with Crippen LogP contribution in [0.5, 0.6) is 11.6 Å².